The number of benzene rings is 2. The fraction of sp³-hybridized carbons (Fsp3) is 0.394. The topological polar surface area (TPSA) is 0 Å². The third kappa shape index (κ3) is 9.15. The minimum absolute atomic E-state index is 0. The second kappa shape index (κ2) is 17.6. The first-order valence-electron chi connectivity index (χ1n) is 12.6. The van der Waals surface area contributed by atoms with E-state index in [0.717, 1.165) is 6.42 Å². The Morgan fingerprint density at radius 1 is 0.528 bits per heavy atom. The van der Waals surface area contributed by atoms with E-state index in [2.05, 4.69) is 130 Å². The van der Waals surface area contributed by atoms with Crippen LogP contribution < -0.4 is 24.8 Å². The average Bonchev–Trinajstić information content (AvgIpc) is 3.42. The van der Waals surface area contributed by atoms with Crippen molar-refractivity contribution in [3.05, 3.63) is 96.8 Å². The average molecular weight is 603 g/mol. The molecule has 0 aromatic heterocycles. The fourth-order valence-electron chi connectivity index (χ4n) is 4.58. The van der Waals surface area contributed by atoms with Crippen molar-refractivity contribution in [3.63, 3.8) is 0 Å². The monoisotopic (exact) mass is 600 g/mol. The van der Waals surface area contributed by atoms with Gasteiger partial charge in [0.25, 0.3) is 0 Å². The molecule has 0 saturated carbocycles. The Morgan fingerprint density at radius 2 is 0.778 bits per heavy atom. The molecule has 3 heteroatoms. The van der Waals surface area contributed by atoms with Crippen LogP contribution in [0.25, 0.3) is 21.5 Å². The summed E-state index contributed by atoms with van der Waals surface area (Å²) in [5.74, 6) is 2.43. The molecule has 0 amide bonds. The van der Waals surface area contributed by atoms with Gasteiger partial charge in [0.2, 0.25) is 0 Å². The number of fused-ring (bicyclic) bond motifs is 2. The van der Waals surface area contributed by atoms with Gasteiger partial charge in [-0.15, -0.1) is 56.9 Å². The van der Waals surface area contributed by atoms with Crippen molar-refractivity contribution < 1.29 is 51.0 Å². The van der Waals surface area contributed by atoms with Gasteiger partial charge in [-0.05, 0) is 11.8 Å². The molecule has 4 rings (SSSR count). The van der Waals surface area contributed by atoms with Crippen molar-refractivity contribution in [2.24, 2.45) is 0 Å². The van der Waals surface area contributed by atoms with Gasteiger partial charge < -0.3 is 45.1 Å². The van der Waals surface area contributed by atoms with Gasteiger partial charge in [0.05, 0.1) is 0 Å². The molecule has 0 N–H and O–H groups in total. The number of hydrogen-bond donors (Lipinski definition) is 0. The first kappa shape index (κ1) is 37.3. The van der Waals surface area contributed by atoms with E-state index < -0.39 is 0 Å². The van der Waals surface area contributed by atoms with Crippen molar-refractivity contribution in [3.8, 4) is 0 Å². The maximum atomic E-state index is 3.38. The smallest absolute Gasteiger partial charge is 1.00 e. The zero-order valence-corrected chi connectivity index (χ0v) is 27.4. The van der Waals surface area contributed by atoms with Gasteiger partial charge in [0.1, 0.15) is 0 Å². The van der Waals surface area contributed by atoms with Crippen LogP contribution in [0.3, 0.4) is 0 Å². The number of hydrogen-bond acceptors (Lipinski definition) is 0. The molecule has 198 valence electrons. The zero-order chi connectivity index (χ0) is 24.7. The first-order chi connectivity index (χ1) is 15.6. The summed E-state index contributed by atoms with van der Waals surface area (Å²) in [6.07, 6.45) is 0.750. The molecule has 0 saturated heterocycles. The van der Waals surface area contributed by atoms with Crippen molar-refractivity contribution >= 4 is 21.5 Å². The largest absolute Gasteiger partial charge is 2.00 e. The summed E-state index contributed by atoms with van der Waals surface area (Å²) in [5, 5.41) is 5.76. The quantitative estimate of drug-likeness (QED) is 0.298. The first-order valence-corrected chi connectivity index (χ1v) is 12.6. The molecule has 4 aromatic rings. The van der Waals surface area contributed by atoms with Gasteiger partial charge in [0, 0.05) is 0 Å². The number of halogens is 2. The third-order valence-corrected chi connectivity index (χ3v) is 6.25. The van der Waals surface area contributed by atoms with Gasteiger partial charge >= 0.3 is 26.2 Å². The Kier molecular flexibility index (Phi) is 18.2. The van der Waals surface area contributed by atoms with E-state index in [4.69, 9.17) is 0 Å². The molecule has 0 unspecified atom stereocenters. The maximum absolute atomic E-state index is 3.38. The summed E-state index contributed by atoms with van der Waals surface area (Å²) in [7, 11) is 0. The van der Waals surface area contributed by atoms with Gasteiger partial charge in [-0.3, -0.25) is 0 Å². The molecule has 0 nitrogen and oxygen atoms in total. The van der Waals surface area contributed by atoms with Gasteiger partial charge in [0.15, 0.2) is 0 Å². The summed E-state index contributed by atoms with van der Waals surface area (Å²) < 4.78 is 0. The summed E-state index contributed by atoms with van der Waals surface area (Å²) in [5.41, 5.74) is 5.89. The summed E-state index contributed by atoms with van der Waals surface area (Å²) in [6, 6.07) is 22.5. The van der Waals surface area contributed by atoms with Crippen molar-refractivity contribution in [2.45, 2.75) is 85.5 Å². The molecule has 0 radical (unpaired) electrons. The van der Waals surface area contributed by atoms with Crippen LogP contribution in [0.2, 0.25) is 0 Å². The molecular formula is C33H44Cl2Zr-4. The molecular weight excluding hydrogens is 558 g/mol. The van der Waals surface area contributed by atoms with E-state index in [0.29, 0.717) is 23.7 Å². The van der Waals surface area contributed by atoms with Gasteiger partial charge in [-0.2, -0.15) is 24.3 Å². The SMILES string of the molecule is CC(C)c1ccc(C(C)C)c2[cH-]ccc12.CC(C)c1ccc(C(C)C)c2[cH-]ccc12.[CH2-]C[CH2-].[Cl-].[Cl-].[Zr+2]. The Labute approximate surface area is 253 Å². The van der Waals surface area contributed by atoms with Crippen molar-refractivity contribution in [1.82, 2.24) is 0 Å². The van der Waals surface area contributed by atoms with Crippen LogP contribution >= 0.6 is 0 Å². The standard InChI is InChI=1S/2C15H19.C3H6.2ClH.Zr/c2*1-10(2)12-8-9-13(11(3)4)15-7-5-6-14(12)15;1-3-2;;;/h2*5-11H,1-4H3;1-3H2;2*1H;/q2*-1;-2;;;+2/p-2. The second-order valence-corrected chi connectivity index (χ2v) is 10.2. The predicted octanol–water partition coefficient (Wildman–Crippen LogP) is 4.66. The number of rotatable bonds is 4. The summed E-state index contributed by atoms with van der Waals surface area (Å²) >= 11 is 0. The molecule has 4 aromatic carbocycles. The Hall–Kier alpha value is -0.877. The van der Waals surface area contributed by atoms with E-state index in [-0.39, 0.29) is 51.0 Å². The molecule has 0 heterocycles. The molecule has 36 heavy (non-hydrogen) atoms. The fourth-order valence-corrected chi connectivity index (χ4v) is 4.58. The molecule has 0 aliphatic heterocycles. The van der Waals surface area contributed by atoms with E-state index in [9.17, 15) is 0 Å². The molecule has 0 spiro atoms. The third-order valence-electron chi connectivity index (χ3n) is 6.25. The van der Waals surface area contributed by atoms with Crippen LogP contribution in [0.4, 0.5) is 0 Å². The summed E-state index contributed by atoms with van der Waals surface area (Å²) in [6.45, 7) is 24.8. The molecule has 0 aliphatic carbocycles. The van der Waals surface area contributed by atoms with Crippen LogP contribution in [0.1, 0.15) is 108 Å². The summed E-state index contributed by atoms with van der Waals surface area (Å²) in [4.78, 5) is 0. The van der Waals surface area contributed by atoms with Crippen LogP contribution in [0.5, 0.6) is 0 Å². The molecule has 0 bridgehead atoms. The van der Waals surface area contributed by atoms with E-state index >= 15 is 0 Å². The van der Waals surface area contributed by atoms with Gasteiger partial charge in [-0.1, -0.05) is 90.5 Å². The Balaban J connectivity index is 0. The Morgan fingerprint density at radius 3 is 1.03 bits per heavy atom. The van der Waals surface area contributed by atoms with E-state index in [1.54, 1.807) is 0 Å². The van der Waals surface area contributed by atoms with Crippen LogP contribution in [0, 0.1) is 13.8 Å². The minimum atomic E-state index is 0. The maximum Gasteiger partial charge on any atom is 2.00 e. The minimum Gasteiger partial charge on any atom is -1.00 e. The Bertz CT molecular complexity index is 955. The second-order valence-electron chi connectivity index (χ2n) is 10.2. The zero-order valence-electron chi connectivity index (χ0n) is 23.5. The van der Waals surface area contributed by atoms with Crippen molar-refractivity contribution in [2.75, 3.05) is 0 Å². The predicted molar refractivity (Wildman–Crippen MR) is 151 cm³/mol. The molecule has 0 fully saturated rings. The van der Waals surface area contributed by atoms with Crippen LogP contribution in [-0.4, -0.2) is 0 Å². The molecule has 0 atom stereocenters. The molecule has 0 aliphatic rings. The van der Waals surface area contributed by atoms with Crippen LogP contribution in [0.15, 0.2) is 60.7 Å². The van der Waals surface area contributed by atoms with Crippen molar-refractivity contribution in [1.29, 1.82) is 0 Å². The normalized spacial score (nSPS) is 10.4. The van der Waals surface area contributed by atoms with Crippen LogP contribution in [-0.2, 0) is 26.2 Å². The van der Waals surface area contributed by atoms with E-state index in [1.165, 1.54) is 43.8 Å². The van der Waals surface area contributed by atoms with Gasteiger partial charge in [-0.25, -0.2) is 0 Å². The van der Waals surface area contributed by atoms with E-state index in [1.807, 2.05) is 0 Å².